The topological polar surface area (TPSA) is 37.3 Å². The van der Waals surface area contributed by atoms with Crippen LogP contribution in [0.2, 0.25) is 10.0 Å². The van der Waals surface area contributed by atoms with Gasteiger partial charge in [-0.1, -0.05) is 101 Å². The molecule has 28 heavy (non-hydrogen) atoms. The Labute approximate surface area is 177 Å². The van der Waals surface area contributed by atoms with E-state index < -0.39 is 0 Å². The third kappa shape index (κ3) is 4.09. The monoisotopic (exact) mass is 423 g/mol. The molecule has 1 heterocycles. The summed E-state index contributed by atoms with van der Waals surface area (Å²) in [5.74, 6) is 0. The van der Waals surface area contributed by atoms with Crippen LogP contribution in [0.5, 0.6) is 0 Å². The SMILES string of the molecule is Clc1cccc(Cl)c1/C=N/Nc1nc(-c2ccccc2)c(-c2ccccc2)s1. The zero-order chi connectivity index (χ0) is 19.3. The van der Waals surface area contributed by atoms with E-state index in [9.17, 15) is 0 Å². The zero-order valence-corrected chi connectivity index (χ0v) is 17.0. The van der Waals surface area contributed by atoms with Crippen molar-refractivity contribution in [3.8, 4) is 21.7 Å². The Bertz CT molecular complexity index is 1030. The molecular weight excluding hydrogens is 409 g/mol. The van der Waals surface area contributed by atoms with E-state index in [1.165, 1.54) is 0 Å². The maximum Gasteiger partial charge on any atom is 0.204 e. The minimum atomic E-state index is 0.548. The molecule has 6 heteroatoms. The molecule has 4 aromatic rings. The van der Waals surface area contributed by atoms with Crippen molar-refractivity contribution in [2.75, 3.05) is 5.43 Å². The van der Waals surface area contributed by atoms with Crippen LogP contribution in [-0.2, 0) is 0 Å². The van der Waals surface area contributed by atoms with Gasteiger partial charge in [0.1, 0.15) is 0 Å². The molecule has 0 saturated heterocycles. The Hall–Kier alpha value is -2.66. The molecule has 0 spiro atoms. The second-order valence-corrected chi connectivity index (χ2v) is 7.75. The first-order valence-electron chi connectivity index (χ1n) is 8.57. The van der Waals surface area contributed by atoms with Crippen LogP contribution in [0.4, 0.5) is 5.13 Å². The number of hydrazone groups is 1. The molecule has 1 N–H and O–H groups in total. The van der Waals surface area contributed by atoms with E-state index in [-0.39, 0.29) is 0 Å². The highest BCUT2D eigenvalue weighted by Crippen LogP contribution is 2.38. The molecule has 0 saturated carbocycles. The Kier molecular flexibility index (Phi) is 5.72. The lowest BCUT2D eigenvalue weighted by Crippen LogP contribution is -1.91. The average molecular weight is 424 g/mol. The Morgan fingerprint density at radius 3 is 2.04 bits per heavy atom. The highest BCUT2D eigenvalue weighted by Gasteiger charge is 2.14. The maximum absolute atomic E-state index is 6.18. The van der Waals surface area contributed by atoms with Gasteiger partial charge in [-0.3, -0.25) is 5.43 Å². The zero-order valence-electron chi connectivity index (χ0n) is 14.6. The lowest BCUT2D eigenvalue weighted by molar-refractivity contribution is 1.29. The summed E-state index contributed by atoms with van der Waals surface area (Å²) in [4.78, 5) is 5.84. The number of aromatic nitrogens is 1. The van der Waals surface area contributed by atoms with Crippen molar-refractivity contribution < 1.29 is 0 Å². The highest BCUT2D eigenvalue weighted by atomic mass is 35.5. The fourth-order valence-corrected chi connectivity index (χ4v) is 4.17. The van der Waals surface area contributed by atoms with Crippen LogP contribution in [0.25, 0.3) is 21.7 Å². The molecule has 0 bridgehead atoms. The highest BCUT2D eigenvalue weighted by molar-refractivity contribution is 7.19. The van der Waals surface area contributed by atoms with Crippen molar-refractivity contribution >= 4 is 45.9 Å². The van der Waals surface area contributed by atoms with Crippen LogP contribution in [0, 0.1) is 0 Å². The minimum absolute atomic E-state index is 0.548. The predicted molar refractivity (Wildman–Crippen MR) is 121 cm³/mol. The van der Waals surface area contributed by atoms with Gasteiger partial charge in [0.05, 0.1) is 26.8 Å². The molecule has 1 aromatic heterocycles. The lowest BCUT2D eigenvalue weighted by atomic mass is 10.1. The number of nitrogens with zero attached hydrogens (tertiary/aromatic N) is 2. The number of rotatable bonds is 5. The van der Waals surface area contributed by atoms with E-state index in [4.69, 9.17) is 28.2 Å². The van der Waals surface area contributed by atoms with Crippen LogP contribution in [0.3, 0.4) is 0 Å². The van der Waals surface area contributed by atoms with E-state index in [0.29, 0.717) is 20.7 Å². The summed E-state index contributed by atoms with van der Waals surface area (Å²) < 4.78 is 0. The summed E-state index contributed by atoms with van der Waals surface area (Å²) >= 11 is 13.9. The van der Waals surface area contributed by atoms with Crippen LogP contribution >= 0.6 is 34.5 Å². The summed E-state index contributed by atoms with van der Waals surface area (Å²) in [6, 6.07) is 25.7. The predicted octanol–water partition coefficient (Wildman–Crippen LogP) is 7.23. The minimum Gasteiger partial charge on any atom is -0.253 e. The number of nitrogens with one attached hydrogen (secondary N) is 1. The van der Waals surface area contributed by atoms with E-state index >= 15 is 0 Å². The molecule has 3 nitrogen and oxygen atoms in total. The van der Waals surface area contributed by atoms with Crippen molar-refractivity contribution in [2.24, 2.45) is 5.10 Å². The molecule has 0 atom stereocenters. The quantitative estimate of drug-likeness (QED) is 0.271. The molecule has 0 aliphatic rings. The van der Waals surface area contributed by atoms with Crippen LogP contribution in [0.1, 0.15) is 5.56 Å². The van der Waals surface area contributed by atoms with E-state index in [0.717, 1.165) is 21.7 Å². The summed E-state index contributed by atoms with van der Waals surface area (Å²) in [7, 11) is 0. The molecule has 0 aliphatic heterocycles. The van der Waals surface area contributed by atoms with Crippen LogP contribution in [0.15, 0.2) is 84.0 Å². The number of thiazole rings is 1. The van der Waals surface area contributed by atoms with E-state index in [2.05, 4.69) is 34.8 Å². The van der Waals surface area contributed by atoms with Gasteiger partial charge in [0.15, 0.2) is 0 Å². The Morgan fingerprint density at radius 2 is 1.39 bits per heavy atom. The third-order valence-electron chi connectivity index (χ3n) is 4.06. The Balaban J connectivity index is 1.67. The first kappa shape index (κ1) is 18.7. The average Bonchev–Trinajstić information content (AvgIpc) is 3.16. The number of hydrogen-bond acceptors (Lipinski definition) is 4. The van der Waals surface area contributed by atoms with Gasteiger partial charge < -0.3 is 0 Å². The molecule has 3 aromatic carbocycles. The van der Waals surface area contributed by atoms with Crippen molar-refractivity contribution in [1.82, 2.24) is 4.98 Å². The summed E-state index contributed by atoms with van der Waals surface area (Å²) in [6.07, 6.45) is 1.61. The van der Waals surface area contributed by atoms with Gasteiger partial charge in [0, 0.05) is 11.1 Å². The normalized spacial score (nSPS) is 11.1. The van der Waals surface area contributed by atoms with Gasteiger partial charge in [-0.2, -0.15) is 5.10 Å². The summed E-state index contributed by atoms with van der Waals surface area (Å²) in [5.41, 5.74) is 6.77. The van der Waals surface area contributed by atoms with Gasteiger partial charge in [0.2, 0.25) is 5.13 Å². The molecule has 4 rings (SSSR count). The van der Waals surface area contributed by atoms with Crippen molar-refractivity contribution in [2.45, 2.75) is 0 Å². The number of hydrogen-bond donors (Lipinski definition) is 1. The largest absolute Gasteiger partial charge is 0.253 e. The van der Waals surface area contributed by atoms with Gasteiger partial charge >= 0.3 is 0 Å². The van der Waals surface area contributed by atoms with Gasteiger partial charge in [-0.25, -0.2) is 4.98 Å². The van der Waals surface area contributed by atoms with E-state index in [1.807, 2.05) is 36.4 Å². The molecule has 0 fully saturated rings. The maximum atomic E-state index is 6.18. The third-order valence-corrected chi connectivity index (χ3v) is 5.73. The van der Waals surface area contributed by atoms with Gasteiger partial charge in [0.25, 0.3) is 0 Å². The fourth-order valence-electron chi connectivity index (χ4n) is 2.73. The Morgan fingerprint density at radius 1 is 0.786 bits per heavy atom. The van der Waals surface area contributed by atoms with E-state index in [1.54, 1.807) is 35.8 Å². The first-order valence-corrected chi connectivity index (χ1v) is 10.1. The molecule has 0 amide bonds. The van der Waals surface area contributed by atoms with Crippen molar-refractivity contribution in [1.29, 1.82) is 0 Å². The molecule has 138 valence electrons. The fraction of sp³-hybridized carbons (Fsp3) is 0. The molecule has 0 aliphatic carbocycles. The summed E-state index contributed by atoms with van der Waals surface area (Å²) in [5, 5.41) is 6.07. The van der Waals surface area contributed by atoms with Crippen LogP contribution < -0.4 is 5.43 Å². The summed E-state index contributed by atoms with van der Waals surface area (Å²) in [6.45, 7) is 0. The first-order chi connectivity index (χ1) is 13.7. The van der Waals surface area contributed by atoms with Gasteiger partial charge in [-0.05, 0) is 17.7 Å². The number of halogens is 2. The van der Waals surface area contributed by atoms with Crippen LogP contribution in [-0.4, -0.2) is 11.2 Å². The van der Waals surface area contributed by atoms with Crippen molar-refractivity contribution in [3.63, 3.8) is 0 Å². The number of anilines is 1. The number of benzene rings is 3. The molecule has 0 unspecified atom stereocenters. The second-order valence-electron chi connectivity index (χ2n) is 5.93. The van der Waals surface area contributed by atoms with Gasteiger partial charge in [-0.15, -0.1) is 0 Å². The van der Waals surface area contributed by atoms with Crippen molar-refractivity contribution in [3.05, 3.63) is 94.5 Å². The smallest absolute Gasteiger partial charge is 0.204 e. The second kappa shape index (κ2) is 8.57. The lowest BCUT2D eigenvalue weighted by Gasteiger charge is -2.02. The standard InChI is InChI=1S/C22H15Cl2N3S/c23-18-12-7-13-19(24)17(18)14-25-27-22-26-20(15-8-3-1-4-9-15)21(28-22)16-10-5-2-6-11-16/h1-14H,(H,26,27)/b25-14+. The molecular formula is C22H15Cl2N3S. The molecule has 0 radical (unpaired) electrons.